The second-order valence-corrected chi connectivity index (χ2v) is 5.30. The highest BCUT2D eigenvalue weighted by atomic mass is 16.1. The lowest BCUT2D eigenvalue weighted by molar-refractivity contribution is -0.107. The van der Waals surface area contributed by atoms with Crippen LogP contribution in [0.5, 0.6) is 0 Å². The van der Waals surface area contributed by atoms with Crippen LogP contribution in [0.2, 0.25) is 0 Å². The SMILES string of the molecule is CC(C)=CCCC(C)CC/C=C(\C)CCC=O. The minimum atomic E-state index is 0.665. The summed E-state index contributed by atoms with van der Waals surface area (Å²) in [6.45, 7) is 8.76. The zero-order valence-electron chi connectivity index (χ0n) is 12.0. The summed E-state index contributed by atoms with van der Waals surface area (Å²) in [5, 5.41) is 0. The fourth-order valence-electron chi connectivity index (χ4n) is 1.80. The van der Waals surface area contributed by atoms with Crippen molar-refractivity contribution in [3.8, 4) is 0 Å². The molecule has 0 aromatic carbocycles. The van der Waals surface area contributed by atoms with E-state index in [0.29, 0.717) is 6.42 Å². The number of allylic oxidation sites excluding steroid dienone is 4. The minimum absolute atomic E-state index is 0.665. The molecule has 98 valence electrons. The van der Waals surface area contributed by atoms with Crippen molar-refractivity contribution in [1.29, 1.82) is 0 Å². The van der Waals surface area contributed by atoms with Crippen molar-refractivity contribution < 1.29 is 4.79 Å². The van der Waals surface area contributed by atoms with Gasteiger partial charge < -0.3 is 4.79 Å². The molecule has 0 aromatic heterocycles. The molecule has 0 bridgehead atoms. The molecule has 1 nitrogen and oxygen atoms in total. The molecule has 0 amide bonds. The van der Waals surface area contributed by atoms with E-state index in [9.17, 15) is 4.79 Å². The molecule has 0 spiro atoms. The summed E-state index contributed by atoms with van der Waals surface area (Å²) in [4.78, 5) is 10.2. The Labute approximate surface area is 107 Å². The lowest BCUT2D eigenvalue weighted by Gasteiger charge is -2.08. The highest BCUT2D eigenvalue weighted by Crippen LogP contribution is 2.15. The average molecular weight is 236 g/mol. The van der Waals surface area contributed by atoms with Crippen LogP contribution in [0.4, 0.5) is 0 Å². The zero-order chi connectivity index (χ0) is 13.1. The predicted octanol–water partition coefficient (Wildman–Crippen LogP) is 5.07. The molecule has 0 saturated carbocycles. The first-order valence-electron chi connectivity index (χ1n) is 6.79. The molecule has 1 atom stereocenters. The van der Waals surface area contributed by atoms with Crippen molar-refractivity contribution in [2.24, 2.45) is 5.92 Å². The molecule has 1 unspecified atom stereocenters. The molecule has 0 radical (unpaired) electrons. The van der Waals surface area contributed by atoms with Crippen LogP contribution in [0.15, 0.2) is 23.3 Å². The summed E-state index contributed by atoms with van der Waals surface area (Å²) >= 11 is 0. The standard InChI is InChI=1S/C16H28O/c1-14(2)8-5-9-15(3)10-6-11-16(4)12-7-13-17/h8,11,13,15H,5-7,9-10,12H2,1-4H3/b16-11+. The van der Waals surface area contributed by atoms with E-state index in [0.717, 1.165) is 25.0 Å². The molecule has 0 aliphatic carbocycles. The average Bonchev–Trinajstić information content (AvgIpc) is 2.25. The molecular formula is C16H28O. The number of carbonyl (C=O) groups excluding carboxylic acids is 1. The first-order valence-corrected chi connectivity index (χ1v) is 6.79. The number of aldehydes is 1. The van der Waals surface area contributed by atoms with Crippen LogP contribution >= 0.6 is 0 Å². The Balaban J connectivity index is 3.65. The molecule has 0 aromatic rings. The van der Waals surface area contributed by atoms with Gasteiger partial charge in [0, 0.05) is 6.42 Å². The quantitative estimate of drug-likeness (QED) is 0.403. The van der Waals surface area contributed by atoms with Gasteiger partial charge in [-0.1, -0.05) is 30.2 Å². The fourth-order valence-corrected chi connectivity index (χ4v) is 1.80. The van der Waals surface area contributed by atoms with Gasteiger partial charge in [-0.05, 0) is 58.8 Å². The second kappa shape index (κ2) is 10.3. The summed E-state index contributed by atoms with van der Waals surface area (Å²) in [5.41, 5.74) is 2.77. The van der Waals surface area contributed by atoms with Crippen molar-refractivity contribution in [1.82, 2.24) is 0 Å². The third-order valence-corrected chi connectivity index (χ3v) is 3.02. The maximum atomic E-state index is 10.2. The van der Waals surface area contributed by atoms with Gasteiger partial charge in [0.25, 0.3) is 0 Å². The van der Waals surface area contributed by atoms with E-state index in [1.807, 2.05) is 0 Å². The van der Waals surface area contributed by atoms with Crippen LogP contribution in [0, 0.1) is 5.92 Å². The van der Waals surface area contributed by atoms with Gasteiger partial charge >= 0.3 is 0 Å². The van der Waals surface area contributed by atoms with E-state index in [-0.39, 0.29) is 0 Å². The van der Waals surface area contributed by atoms with Crippen molar-refractivity contribution in [3.63, 3.8) is 0 Å². The Morgan fingerprint density at radius 2 is 1.59 bits per heavy atom. The second-order valence-electron chi connectivity index (χ2n) is 5.30. The third-order valence-electron chi connectivity index (χ3n) is 3.02. The van der Waals surface area contributed by atoms with Gasteiger partial charge in [-0.25, -0.2) is 0 Å². The Bertz CT molecular complexity index is 257. The zero-order valence-corrected chi connectivity index (χ0v) is 12.0. The molecule has 0 aliphatic heterocycles. The van der Waals surface area contributed by atoms with E-state index in [2.05, 4.69) is 39.8 Å². The van der Waals surface area contributed by atoms with E-state index in [4.69, 9.17) is 0 Å². The van der Waals surface area contributed by atoms with Crippen LogP contribution in [-0.2, 0) is 4.79 Å². The predicted molar refractivity (Wildman–Crippen MR) is 76.1 cm³/mol. The van der Waals surface area contributed by atoms with Gasteiger partial charge in [0.2, 0.25) is 0 Å². The molecule has 17 heavy (non-hydrogen) atoms. The summed E-state index contributed by atoms with van der Waals surface area (Å²) < 4.78 is 0. The molecule has 0 saturated heterocycles. The molecule has 1 heteroatoms. The van der Waals surface area contributed by atoms with Crippen LogP contribution in [-0.4, -0.2) is 6.29 Å². The highest BCUT2D eigenvalue weighted by molar-refractivity contribution is 5.49. The number of hydrogen-bond donors (Lipinski definition) is 0. The maximum absolute atomic E-state index is 10.2. The topological polar surface area (TPSA) is 17.1 Å². The Morgan fingerprint density at radius 1 is 1.00 bits per heavy atom. The summed E-state index contributed by atoms with van der Waals surface area (Å²) in [6.07, 6.45) is 12.1. The van der Waals surface area contributed by atoms with Crippen molar-refractivity contribution >= 4 is 6.29 Å². The summed E-state index contributed by atoms with van der Waals surface area (Å²) in [5.74, 6) is 0.792. The highest BCUT2D eigenvalue weighted by Gasteiger charge is 1.99. The summed E-state index contributed by atoms with van der Waals surface area (Å²) in [7, 11) is 0. The minimum Gasteiger partial charge on any atom is -0.303 e. The van der Waals surface area contributed by atoms with Gasteiger partial charge in [-0.2, -0.15) is 0 Å². The van der Waals surface area contributed by atoms with Crippen molar-refractivity contribution in [2.75, 3.05) is 0 Å². The van der Waals surface area contributed by atoms with Crippen LogP contribution in [0.25, 0.3) is 0 Å². The van der Waals surface area contributed by atoms with E-state index in [1.54, 1.807) is 0 Å². The lowest BCUT2D eigenvalue weighted by Crippen LogP contribution is -1.93. The molecule has 0 heterocycles. The van der Waals surface area contributed by atoms with Crippen molar-refractivity contribution in [3.05, 3.63) is 23.3 Å². The van der Waals surface area contributed by atoms with Crippen molar-refractivity contribution in [2.45, 2.75) is 66.2 Å². The van der Waals surface area contributed by atoms with Gasteiger partial charge in [0.05, 0.1) is 0 Å². The maximum Gasteiger partial charge on any atom is 0.120 e. The lowest BCUT2D eigenvalue weighted by atomic mass is 9.98. The molecule has 0 fully saturated rings. The number of rotatable bonds is 9. The van der Waals surface area contributed by atoms with E-state index >= 15 is 0 Å². The van der Waals surface area contributed by atoms with Gasteiger partial charge in [0.15, 0.2) is 0 Å². The largest absolute Gasteiger partial charge is 0.303 e. The molecule has 0 N–H and O–H groups in total. The smallest absolute Gasteiger partial charge is 0.120 e. The number of carbonyl (C=O) groups is 1. The van der Waals surface area contributed by atoms with Gasteiger partial charge in [-0.3, -0.25) is 0 Å². The Morgan fingerprint density at radius 3 is 2.12 bits per heavy atom. The van der Waals surface area contributed by atoms with Crippen LogP contribution in [0.3, 0.4) is 0 Å². The first-order chi connectivity index (χ1) is 8.06. The first kappa shape index (κ1) is 16.1. The van der Waals surface area contributed by atoms with E-state index in [1.165, 1.54) is 30.4 Å². The monoisotopic (exact) mass is 236 g/mol. The van der Waals surface area contributed by atoms with Crippen LogP contribution in [0.1, 0.15) is 66.2 Å². The Kier molecular flexibility index (Phi) is 9.80. The van der Waals surface area contributed by atoms with Gasteiger partial charge in [0.1, 0.15) is 6.29 Å². The number of hydrogen-bond acceptors (Lipinski definition) is 1. The van der Waals surface area contributed by atoms with E-state index < -0.39 is 0 Å². The molecule has 0 rings (SSSR count). The molecular weight excluding hydrogens is 208 g/mol. The van der Waals surface area contributed by atoms with Crippen LogP contribution < -0.4 is 0 Å². The Hall–Kier alpha value is -0.850. The molecule has 0 aliphatic rings. The fraction of sp³-hybridized carbons (Fsp3) is 0.688. The summed E-state index contributed by atoms with van der Waals surface area (Å²) in [6, 6.07) is 0. The van der Waals surface area contributed by atoms with Gasteiger partial charge in [-0.15, -0.1) is 0 Å². The third kappa shape index (κ3) is 11.4. The normalized spacial score (nSPS) is 13.3.